The zero-order chi connectivity index (χ0) is 26.9. The van der Waals surface area contributed by atoms with E-state index in [1.54, 1.807) is 20.8 Å². The Morgan fingerprint density at radius 3 is 2.17 bits per heavy atom. The lowest BCUT2D eigenvalue weighted by Crippen LogP contribution is -2.55. The van der Waals surface area contributed by atoms with Gasteiger partial charge in [0, 0.05) is 12.2 Å². The summed E-state index contributed by atoms with van der Waals surface area (Å²) in [6.45, 7) is 4.69. The van der Waals surface area contributed by atoms with Gasteiger partial charge in [0.15, 0.2) is 0 Å². The van der Waals surface area contributed by atoms with Gasteiger partial charge in [0.1, 0.15) is 17.7 Å². The Labute approximate surface area is 207 Å². The van der Waals surface area contributed by atoms with E-state index >= 15 is 0 Å². The molecular formula is C25H31F3N4O4. The van der Waals surface area contributed by atoms with Crippen molar-refractivity contribution in [2.75, 3.05) is 11.9 Å². The van der Waals surface area contributed by atoms with E-state index in [4.69, 9.17) is 10.5 Å². The Balaban J connectivity index is 2.17. The zero-order valence-electron chi connectivity index (χ0n) is 20.3. The Hall–Kier alpha value is -3.60. The number of anilines is 1. The maximum Gasteiger partial charge on any atom is 0.416 e. The number of alkyl halides is 3. The maximum atomic E-state index is 13.1. The minimum absolute atomic E-state index is 0.0731. The second-order valence-electron chi connectivity index (χ2n) is 9.09. The van der Waals surface area contributed by atoms with Crippen molar-refractivity contribution in [2.24, 2.45) is 5.73 Å². The number of nitrogens with two attached hydrogens (primary N) is 1. The number of halogens is 3. The second kappa shape index (κ2) is 12.4. The summed E-state index contributed by atoms with van der Waals surface area (Å²) < 4.78 is 44.3. The van der Waals surface area contributed by atoms with E-state index in [2.05, 4.69) is 16.0 Å². The first-order valence-electron chi connectivity index (χ1n) is 11.3. The average Bonchev–Trinajstić information content (AvgIpc) is 2.79. The predicted octanol–water partition coefficient (Wildman–Crippen LogP) is 3.61. The lowest BCUT2D eigenvalue weighted by Gasteiger charge is -2.24. The molecule has 3 amide bonds. The van der Waals surface area contributed by atoms with Gasteiger partial charge in [-0.05, 0) is 57.4 Å². The SMILES string of the molecule is CC(C)(C)OC(=O)N[C@H](CN)C(=O)N[C@@H](CCc1ccccc1)C(=O)Nc1cccc(C(F)(F)F)c1. The van der Waals surface area contributed by atoms with Crippen LogP contribution in [0.3, 0.4) is 0 Å². The summed E-state index contributed by atoms with van der Waals surface area (Å²) in [5, 5.41) is 7.34. The number of hydrogen-bond acceptors (Lipinski definition) is 5. The van der Waals surface area contributed by atoms with Gasteiger partial charge in [0.25, 0.3) is 0 Å². The minimum Gasteiger partial charge on any atom is -0.444 e. The Kier molecular flexibility index (Phi) is 9.85. The van der Waals surface area contributed by atoms with E-state index in [0.717, 1.165) is 17.7 Å². The van der Waals surface area contributed by atoms with Gasteiger partial charge in [0.05, 0.1) is 5.56 Å². The molecule has 2 rings (SSSR count). The van der Waals surface area contributed by atoms with Crippen molar-refractivity contribution in [1.82, 2.24) is 10.6 Å². The third-order valence-electron chi connectivity index (χ3n) is 4.90. The topological polar surface area (TPSA) is 123 Å². The van der Waals surface area contributed by atoms with Crippen LogP contribution in [0, 0.1) is 0 Å². The van der Waals surface area contributed by atoms with Crippen LogP contribution in [-0.2, 0) is 26.9 Å². The molecule has 0 aromatic heterocycles. The van der Waals surface area contributed by atoms with Crippen LogP contribution in [0.1, 0.15) is 38.3 Å². The summed E-state index contributed by atoms with van der Waals surface area (Å²) >= 11 is 0. The van der Waals surface area contributed by atoms with Gasteiger partial charge >= 0.3 is 12.3 Å². The highest BCUT2D eigenvalue weighted by atomic mass is 19.4. The number of rotatable bonds is 9. The molecule has 0 saturated heterocycles. The van der Waals surface area contributed by atoms with Crippen molar-refractivity contribution in [3.8, 4) is 0 Å². The summed E-state index contributed by atoms with van der Waals surface area (Å²) in [5.41, 5.74) is 4.74. The van der Waals surface area contributed by atoms with Crippen molar-refractivity contribution in [3.05, 3.63) is 65.7 Å². The fraction of sp³-hybridized carbons (Fsp3) is 0.400. The monoisotopic (exact) mass is 508 g/mol. The highest BCUT2D eigenvalue weighted by molar-refractivity contribution is 5.98. The molecule has 0 bridgehead atoms. The summed E-state index contributed by atoms with van der Waals surface area (Å²) in [7, 11) is 0. The van der Waals surface area contributed by atoms with E-state index in [-0.39, 0.29) is 18.7 Å². The highest BCUT2D eigenvalue weighted by Crippen LogP contribution is 2.30. The van der Waals surface area contributed by atoms with Crippen LogP contribution in [0.15, 0.2) is 54.6 Å². The molecule has 0 spiro atoms. The number of hydrogen-bond donors (Lipinski definition) is 4. The van der Waals surface area contributed by atoms with Crippen LogP contribution in [0.5, 0.6) is 0 Å². The van der Waals surface area contributed by atoms with Crippen LogP contribution in [0.2, 0.25) is 0 Å². The average molecular weight is 509 g/mol. The molecule has 0 radical (unpaired) electrons. The van der Waals surface area contributed by atoms with Gasteiger partial charge in [-0.1, -0.05) is 36.4 Å². The molecular weight excluding hydrogens is 477 g/mol. The van der Waals surface area contributed by atoms with E-state index in [0.29, 0.717) is 6.42 Å². The van der Waals surface area contributed by atoms with Crippen LogP contribution in [0.25, 0.3) is 0 Å². The third-order valence-corrected chi connectivity index (χ3v) is 4.90. The van der Waals surface area contributed by atoms with Gasteiger partial charge in [-0.3, -0.25) is 9.59 Å². The van der Waals surface area contributed by atoms with Gasteiger partial charge in [-0.25, -0.2) is 4.79 Å². The van der Waals surface area contributed by atoms with Crippen molar-refractivity contribution < 1.29 is 32.3 Å². The first-order valence-corrected chi connectivity index (χ1v) is 11.3. The summed E-state index contributed by atoms with van der Waals surface area (Å²) in [6.07, 6.45) is -4.90. The molecule has 0 aliphatic rings. The molecule has 5 N–H and O–H groups in total. The first-order chi connectivity index (χ1) is 16.8. The maximum absolute atomic E-state index is 13.1. The largest absolute Gasteiger partial charge is 0.444 e. The quantitative estimate of drug-likeness (QED) is 0.412. The molecule has 36 heavy (non-hydrogen) atoms. The number of carbonyl (C=O) groups excluding carboxylic acids is 3. The van der Waals surface area contributed by atoms with E-state index < -0.39 is 47.3 Å². The normalized spacial score (nSPS) is 13.3. The molecule has 0 fully saturated rings. The Morgan fingerprint density at radius 2 is 1.58 bits per heavy atom. The van der Waals surface area contributed by atoms with Crippen molar-refractivity contribution in [1.29, 1.82) is 0 Å². The van der Waals surface area contributed by atoms with Crippen molar-refractivity contribution in [2.45, 2.75) is 57.5 Å². The molecule has 0 heterocycles. The molecule has 0 aliphatic carbocycles. The number of amides is 3. The number of nitrogens with one attached hydrogen (secondary N) is 3. The molecule has 2 aromatic rings. The summed E-state index contributed by atoms with van der Waals surface area (Å²) in [4.78, 5) is 37.9. The standard InChI is InChI=1S/C25H31F3N4O4/c1-24(2,3)36-23(35)32-20(15-29)22(34)31-19(13-12-16-8-5-4-6-9-16)21(33)30-18-11-7-10-17(14-18)25(26,27)28/h4-11,14,19-20H,12-13,15,29H2,1-3H3,(H,30,33)(H,31,34)(H,32,35)/t19-,20+/m0/s1. The molecule has 0 aliphatic heterocycles. The lowest BCUT2D eigenvalue weighted by molar-refractivity contribution is -0.137. The van der Waals surface area contributed by atoms with Crippen molar-refractivity contribution in [3.63, 3.8) is 0 Å². The number of aryl methyl sites for hydroxylation is 1. The first kappa shape index (κ1) is 28.6. The number of alkyl carbamates (subject to hydrolysis) is 1. The molecule has 2 aromatic carbocycles. The van der Waals surface area contributed by atoms with Crippen LogP contribution < -0.4 is 21.7 Å². The van der Waals surface area contributed by atoms with Crippen LogP contribution in [-0.4, -0.2) is 42.1 Å². The van der Waals surface area contributed by atoms with Crippen molar-refractivity contribution >= 4 is 23.6 Å². The van der Waals surface area contributed by atoms with E-state index in [1.807, 2.05) is 30.3 Å². The van der Waals surface area contributed by atoms with E-state index in [1.165, 1.54) is 12.1 Å². The van der Waals surface area contributed by atoms with Gasteiger partial charge in [-0.15, -0.1) is 0 Å². The lowest BCUT2D eigenvalue weighted by atomic mass is 10.0. The zero-order valence-corrected chi connectivity index (χ0v) is 20.3. The van der Waals surface area contributed by atoms with Crippen LogP contribution in [0.4, 0.5) is 23.7 Å². The molecule has 2 atom stereocenters. The summed E-state index contributed by atoms with van der Waals surface area (Å²) in [5.74, 6) is -1.45. The second-order valence-corrected chi connectivity index (χ2v) is 9.09. The molecule has 8 nitrogen and oxygen atoms in total. The molecule has 196 valence electrons. The third kappa shape index (κ3) is 9.57. The highest BCUT2D eigenvalue weighted by Gasteiger charge is 2.31. The van der Waals surface area contributed by atoms with Gasteiger partial charge in [0.2, 0.25) is 11.8 Å². The number of ether oxygens (including phenoxy) is 1. The van der Waals surface area contributed by atoms with E-state index in [9.17, 15) is 27.6 Å². The molecule has 0 saturated carbocycles. The Bertz CT molecular complexity index is 1040. The Morgan fingerprint density at radius 1 is 0.917 bits per heavy atom. The smallest absolute Gasteiger partial charge is 0.416 e. The van der Waals surface area contributed by atoms with Crippen LogP contribution >= 0.6 is 0 Å². The fourth-order valence-electron chi connectivity index (χ4n) is 3.18. The predicted molar refractivity (Wildman–Crippen MR) is 129 cm³/mol. The number of carbonyl (C=O) groups is 3. The fourth-order valence-corrected chi connectivity index (χ4v) is 3.18. The minimum atomic E-state index is -4.58. The number of benzene rings is 2. The molecule has 0 unspecified atom stereocenters. The summed E-state index contributed by atoms with van der Waals surface area (Å²) in [6, 6.07) is 11.0. The molecule has 11 heteroatoms. The van der Waals surface area contributed by atoms with Gasteiger partial charge in [-0.2, -0.15) is 13.2 Å². The van der Waals surface area contributed by atoms with Gasteiger partial charge < -0.3 is 26.4 Å².